The minimum Gasteiger partial charge on any atom is -0.497 e. The minimum absolute atomic E-state index is 0.396. The van der Waals surface area contributed by atoms with Crippen molar-refractivity contribution in [1.82, 2.24) is 9.97 Å². The summed E-state index contributed by atoms with van der Waals surface area (Å²) in [5.41, 5.74) is 1.56. The Bertz CT molecular complexity index is 532. The summed E-state index contributed by atoms with van der Waals surface area (Å²) in [5.74, 6) is 1.41. The Morgan fingerprint density at radius 1 is 1.06 bits per heavy atom. The smallest absolute Gasteiger partial charge is 0.133 e. The van der Waals surface area contributed by atoms with Crippen LogP contribution in [0.3, 0.4) is 0 Å². The zero-order valence-electron chi connectivity index (χ0n) is 9.48. The van der Waals surface area contributed by atoms with Crippen LogP contribution >= 0.6 is 11.6 Å². The van der Waals surface area contributed by atoms with Crippen molar-refractivity contribution in [2.45, 2.75) is 0 Å². The quantitative estimate of drug-likeness (QED) is 0.786. The van der Waals surface area contributed by atoms with Gasteiger partial charge in [0, 0.05) is 17.7 Å². The average molecular weight is 251 g/mol. The highest BCUT2D eigenvalue weighted by Gasteiger charge is 2.09. The molecule has 0 saturated carbocycles. The third-order valence-corrected chi connectivity index (χ3v) is 2.53. The van der Waals surface area contributed by atoms with E-state index in [4.69, 9.17) is 21.1 Å². The average Bonchev–Trinajstić information content (AvgIpc) is 2.38. The van der Waals surface area contributed by atoms with Crippen molar-refractivity contribution in [3.8, 4) is 22.8 Å². The molecule has 0 atom stereocenters. The van der Waals surface area contributed by atoms with Crippen molar-refractivity contribution in [2.24, 2.45) is 0 Å². The molecule has 0 bridgehead atoms. The second kappa shape index (κ2) is 5.01. The molecule has 0 unspecified atom stereocenters. The van der Waals surface area contributed by atoms with Gasteiger partial charge in [-0.2, -0.15) is 0 Å². The Hall–Kier alpha value is -1.81. The van der Waals surface area contributed by atoms with Crippen LogP contribution in [-0.2, 0) is 0 Å². The van der Waals surface area contributed by atoms with Gasteiger partial charge in [0.15, 0.2) is 0 Å². The van der Waals surface area contributed by atoms with Gasteiger partial charge in [0.2, 0.25) is 0 Å². The van der Waals surface area contributed by atoms with Gasteiger partial charge in [-0.25, -0.2) is 9.97 Å². The summed E-state index contributed by atoms with van der Waals surface area (Å²) in [6.07, 6.45) is 1.42. The van der Waals surface area contributed by atoms with Gasteiger partial charge in [-0.1, -0.05) is 11.6 Å². The molecular formula is C12H11ClN2O2. The molecule has 0 amide bonds. The molecule has 0 aliphatic heterocycles. The fourth-order valence-electron chi connectivity index (χ4n) is 1.49. The predicted octanol–water partition coefficient (Wildman–Crippen LogP) is 2.81. The second-order valence-corrected chi connectivity index (χ2v) is 3.68. The first-order chi connectivity index (χ1) is 8.24. The highest BCUT2D eigenvalue weighted by molar-refractivity contribution is 6.29. The van der Waals surface area contributed by atoms with E-state index in [9.17, 15) is 0 Å². The lowest BCUT2D eigenvalue weighted by molar-refractivity contribution is 0.395. The fraction of sp³-hybridized carbons (Fsp3) is 0.167. The highest BCUT2D eigenvalue weighted by Crippen LogP contribution is 2.32. The van der Waals surface area contributed by atoms with E-state index < -0.39 is 0 Å². The third-order valence-electron chi connectivity index (χ3n) is 2.32. The van der Waals surface area contributed by atoms with E-state index in [1.165, 1.54) is 6.33 Å². The highest BCUT2D eigenvalue weighted by atomic mass is 35.5. The summed E-state index contributed by atoms with van der Waals surface area (Å²) in [5, 5.41) is 0.396. The summed E-state index contributed by atoms with van der Waals surface area (Å²) in [6, 6.07) is 7.20. The molecule has 0 radical (unpaired) electrons. The molecule has 0 aliphatic carbocycles. The van der Waals surface area contributed by atoms with Crippen molar-refractivity contribution in [3.63, 3.8) is 0 Å². The van der Waals surface area contributed by atoms with Crippen LogP contribution in [0.25, 0.3) is 11.3 Å². The maximum absolute atomic E-state index is 5.83. The zero-order chi connectivity index (χ0) is 12.3. The lowest BCUT2D eigenvalue weighted by atomic mass is 10.1. The van der Waals surface area contributed by atoms with Gasteiger partial charge in [0.05, 0.1) is 19.9 Å². The van der Waals surface area contributed by atoms with Gasteiger partial charge >= 0.3 is 0 Å². The minimum atomic E-state index is 0.396. The monoisotopic (exact) mass is 250 g/mol. The molecule has 0 N–H and O–H groups in total. The lowest BCUT2D eigenvalue weighted by Gasteiger charge is -2.09. The summed E-state index contributed by atoms with van der Waals surface area (Å²) < 4.78 is 10.4. The molecule has 2 rings (SSSR count). The number of ether oxygens (including phenoxy) is 2. The molecule has 88 valence electrons. The van der Waals surface area contributed by atoms with Crippen LogP contribution in [0.2, 0.25) is 5.15 Å². The van der Waals surface area contributed by atoms with Gasteiger partial charge in [0.25, 0.3) is 0 Å². The first-order valence-electron chi connectivity index (χ1n) is 4.94. The van der Waals surface area contributed by atoms with E-state index in [1.54, 1.807) is 26.4 Å². The molecular weight excluding hydrogens is 240 g/mol. The molecule has 17 heavy (non-hydrogen) atoms. The SMILES string of the molecule is COc1ccc(-c2cc(Cl)ncn2)c(OC)c1. The van der Waals surface area contributed by atoms with Crippen LogP contribution in [0, 0.1) is 0 Å². The molecule has 0 aliphatic rings. The van der Waals surface area contributed by atoms with E-state index in [0.29, 0.717) is 16.6 Å². The van der Waals surface area contributed by atoms with Crippen LogP contribution in [0.5, 0.6) is 11.5 Å². The number of rotatable bonds is 3. The van der Waals surface area contributed by atoms with Gasteiger partial charge in [-0.15, -0.1) is 0 Å². The van der Waals surface area contributed by atoms with Crippen LogP contribution in [0.4, 0.5) is 0 Å². The van der Waals surface area contributed by atoms with Crippen molar-refractivity contribution >= 4 is 11.6 Å². The molecule has 0 fully saturated rings. The summed E-state index contributed by atoms with van der Waals surface area (Å²) in [4.78, 5) is 8.00. The molecule has 0 saturated heterocycles. The van der Waals surface area contributed by atoms with E-state index in [2.05, 4.69) is 9.97 Å². The first kappa shape index (κ1) is 11.7. The van der Waals surface area contributed by atoms with E-state index in [1.807, 2.05) is 12.1 Å². The van der Waals surface area contributed by atoms with Crippen LogP contribution in [-0.4, -0.2) is 24.2 Å². The Morgan fingerprint density at radius 3 is 2.53 bits per heavy atom. The van der Waals surface area contributed by atoms with Crippen molar-refractivity contribution in [1.29, 1.82) is 0 Å². The largest absolute Gasteiger partial charge is 0.497 e. The normalized spacial score (nSPS) is 10.1. The summed E-state index contributed by atoms with van der Waals surface area (Å²) >= 11 is 5.83. The van der Waals surface area contributed by atoms with E-state index in [0.717, 1.165) is 11.3 Å². The Kier molecular flexibility index (Phi) is 3.44. The third kappa shape index (κ3) is 2.47. The molecule has 4 nitrogen and oxygen atoms in total. The summed E-state index contributed by atoms with van der Waals surface area (Å²) in [6.45, 7) is 0. The molecule has 1 aromatic carbocycles. The zero-order valence-corrected chi connectivity index (χ0v) is 10.2. The Labute approximate surface area is 104 Å². The maximum Gasteiger partial charge on any atom is 0.133 e. The number of halogens is 1. The maximum atomic E-state index is 5.83. The molecule has 2 aromatic rings. The second-order valence-electron chi connectivity index (χ2n) is 3.29. The number of hydrogen-bond acceptors (Lipinski definition) is 4. The van der Waals surface area contributed by atoms with Gasteiger partial charge in [-0.05, 0) is 12.1 Å². The Morgan fingerprint density at radius 2 is 1.88 bits per heavy atom. The number of benzene rings is 1. The predicted molar refractivity (Wildman–Crippen MR) is 65.6 cm³/mol. The van der Waals surface area contributed by atoms with Gasteiger partial charge < -0.3 is 9.47 Å². The number of nitrogens with zero attached hydrogens (tertiary/aromatic N) is 2. The number of aromatic nitrogens is 2. The lowest BCUT2D eigenvalue weighted by Crippen LogP contribution is -1.92. The van der Waals surface area contributed by atoms with Crippen molar-refractivity contribution in [2.75, 3.05) is 14.2 Å². The molecule has 1 heterocycles. The standard InChI is InChI=1S/C12H11ClN2O2/c1-16-8-3-4-9(11(5-8)17-2)10-6-12(13)15-7-14-10/h3-7H,1-2H3. The van der Waals surface area contributed by atoms with Crippen LogP contribution < -0.4 is 9.47 Å². The summed E-state index contributed by atoms with van der Waals surface area (Å²) in [7, 11) is 3.21. The van der Waals surface area contributed by atoms with E-state index >= 15 is 0 Å². The first-order valence-corrected chi connectivity index (χ1v) is 5.32. The fourth-order valence-corrected chi connectivity index (χ4v) is 1.64. The molecule has 1 aromatic heterocycles. The van der Waals surface area contributed by atoms with Crippen molar-refractivity contribution in [3.05, 3.63) is 35.7 Å². The Balaban J connectivity index is 2.51. The number of methoxy groups -OCH3 is 2. The van der Waals surface area contributed by atoms with Gasteiger partial charge in [0.1, 0.15) is 23.0 Å². The van der Waals surface area contributed by atoms with Crippen LogP contribution in [0.1, 0.15) is 0 Å². The number of hydrogen-bond donors (Lipinski definition) is 0. The molecule has 0 spiro atoms. The van der Waals surface area contributed by atoms with Gasteiger partial charge in [-0.3, -0.25) is 0 Å². The topological polar surface area (TPSA) is 44.2 Å². The molecule has 5 heteroatoms. The van der Waals surface area contributed by atoms with Crippen LogP contribution in [0.15, 0.2) is 30.6 Å². The van der Waals surface area contributed by atoms with Crippen molar-refractivity contribution < 1.29 is 9.47 Å². The van der Waals surface area contributed by atoms with E-state index in [-0.39, 0.29) is 0 Å².